The van der Waals surface area contributed by atoms with E-state index in [-0.39, 0.29) is 0 Å². The third kappa shape index (κ3) is 1.78. The van der Waals surface area contributed by atoms with Crippen LogP contribution < -0.4 is 0 Å². The van der Waals surface area contributed by atoms with E-state index in [2.05, 4.69) is 6.92 Å². The molecule has 0 aromatic rings. The molecule has 0 N–H and O–H groups in total. The molecule has 4 atom stereocenters. The van der Waals surface area contributed by atoms with Gasteiger partial charge in [0.25, 0.3) is 0 Å². The Morgan fingerprint density at radius 2 is 1.17 bits per heavy atom. The molecule has 4 aliphatic rings. The van der Waals surface area contributed by atoms with Gasteiger partial charge in [-0.05, 0) is 86.4 Å². The summed E-state index contributed by atoms with van der Waals surface area (Å²) in [5.74, 6) is 8.11. The lowest BCUT2D eigenvalue weighted by atomic mass is 9.74. The number of rotatable bonds is 2. The molecule has 0 aliphatic heterocycles. The van der Waals surface area contributed by atoms with E-state index < -0.39 is 0 Å². The molecule has 0 nitrogen and oxygen atoms in total. The zero-order valence-electron chi connectivity index (χ0n) is 12.1. The maximum absolute atomic E-state index is 2.39. The van der Waals surface area contributed by atoms with Gasteiger partial charge in [-0.15, -0.1) is 0 Å². The van der Waals surface area contributed by atoms with Crippen molar-refractivity contribution >= 4 is 0 Å². The van der Waals surface area contributed by atoms with Crippen molar-refractivity contribution in [3.05, 3.63) is 0 Å². The predicted molar refractivity (Wildman–Crippen MR) is 76.3 cm³/mol. The van der Waals surface area contributed by atoms with Crippen LogP contribution in [-0.4, -0.2) is 0 Å². The quantitative estimate of drug-likeness (QED) is 0.622. The molecule has 18 heavy (non-hydrogen) atoms. The summed E-state index contributed by atoms with van der Waals surface area (Å²) in [6.45, 7) is 2.39. The van der Waals surface area contributed by atoms with Crippen LogP contribution in [0, 0.1) is 41.4 Å². The minimum atomic E-state index is 1.08. The zero-order valence-corrected chi connectivity index (χ0v) is 12.1. The van der Waals surface area contributed by atoms with Gasteiger partial charge in [-0.1, -0.05) is 26.2 Å². The molecular weight excluding hydrogens is 216 g/mol. The summed E-state index contributed by atoms with van der Waals surface area (Å²) in [4.78, 5) is 0. The molecule has 0 heteroatoms. The van der Waals surface area contributed by atoms with E-state index >= 15 is 0 Å². The van der Waals surface area contributed by atoms with Crippen LogP contribution >= 0.6 is 0 Å². The van der Waals surface area contributed by atoms with Crippen molar-refractivity contribution in [3.8, 4) is 0 Å². The molecule has 0 heterocycles. The van der Waals surface area contributed by atoms with Gasteiger partial charge in [-0.25, -0.2) is 0 Å². The van der Waals surface area contributed by atoms with Gasteiger partial charge in [0.2, 0.25) is 0 Å². The average Bonchev–Trinajstić information content (AvgIpc) is 3.10. The first-order chi connectivity index (χ1) is 8.85. The van der Waals surface area contributed by atoms with Crippen LogP contribution in [0.2, 0.25) is 0 Å². The third-order valence-electron chi connectivity index (χ3n) is 7.56. The smallest absolute Gasteiger partial charge is 0.0352 e. The monoisotopic (exact) mass is 246 g/mol. The normalized spacial score (nSPS) is 54.8. The summed E-state index contributed by atoms with van der Waals surface area (Å²) < 4.78 is 0. The van der Waals surface area contributed by atoms with Crippen molar-refractivity contribution in [2.75, 3.05) is 0 Å². The van der Waals surface area contributed by atoms with E-state index in [0.29, 0.717) is 0 Å². The lowest BCUT2D eigenvalue weighted by Crippen LogP contribution is -2.20. The van der Waals surface area contributed by atoms with Gasteiger partial charge in [0.05, 0.1) is 0 Å². The summed E-state index contributed by atoms with van der Waals surface area (Å²) in [5.41, 5.74) is 0. The van der Waals surface area contributed by atoms with E-state index in [4.69, 9.17) is 0 Å². The number of fused-ring (bicyclic) bond motifs is 5. The number of hydrogen-bond donors (Lipinski definition) is 0. The second-order valence-electron chi connectivity index (χ2n) is 8.08. The van der Waals surface area contributed by atoms with Crippen LogP contribution in [0.15, 0.2) is 0 Å². The van der Waals surface area contributed by atoms with E-state index in [1.54, 1.807) is 57.8 Å². The zero-order chi connectivity index (χ0) is 12.1. The Hall–Kier alpha value is 0. The molecule has 0 saturated heterocycles. The van der Waals surface area contributed by atoms with Crippen LogP contribution in [0.4, 0.5) is 0 Å². The van der Waals surface area contributed by atoms with Gasteiger partial charge in [-0.3, -0.25) is 0 Å². The summed E-state index contributed by atoms with van der Waals surface area (Å²) >= 11 is 0. The highest BCUT2D eigenvalue weighted by atomic mass is 14.6. The first-order valence-corrected chi connectivity index (χ1v) is 8.85. The largest absolute Gasteiger partial charge is 0.0651 e. The fraction of sp³-hybridized carbons (Fsp3) is 1.00. The van der Waals surface area contributed by atoms with Crippen LogP contribution in [0.25, 0.3) is 0 Å². The topological polar surface area (TPSA) is 0 Å². The lowest BCUT2D eigenvalue weighted by Gasteiger charge is -2.32. The van der Waals surface area contributed by atoms with Crippen LogP contribution in [-0.2, 0) is 0 Å². The van der Waals surface area contributed by atoms with Crippen molar-refractivity contribution in [1.82, 2.24) is 0 Å². The summed E-state index contributed by atoms with van der Waals surface area (Å²) in [6.07, 6.45) is 15.8. The van der Waals surface area contributed by atoms with E-state index in [0.717, 1.165) is 17.8 Å². The molecule has 4 rings (SSSR count). The van der Waals surface area contributed by atoms with E-state index in [1.807, 2.05) is 0 Å². The van der Waals surface area contributed by atoms with Gasteiger partial charge in [-0.2, -0.15) is 0 Å². The molecule has 4 unspecified atom stereocenters. The van der Waals surface area contributed by atoms with Crippen molar-refractivity contribution in [1.29, 1.82) is 0 Å². The van der Waals surface area contributed by atoms with Gasteiger partial charge in [0, 0.05) is 0 Å². The Balaban J connectivity index is 1.37. The maximum Gasteiger partial charge on any atom is -0.0352 e. The summed E-state index contributed by atoms with van der Waals surface area (Å²) in [5, 5.41) is 0. The van der Waals surface area contributed by atoms with Crippen molar-refractivity contribution < 1.29 is 0 Å². The second kappa shape index (κ2) is 4.53. The molecule has 0 radical (unpaired) electrons. The van der Waals surface area contributed by atoms with Gasteiger partial charge >= 0.3 is 0 Å². The first-order valence-electron chi connectivity index (χ1n) is 8.85. The molecule has 102 valence electrons. The Bertz CT molecular complexity index is 281. The Labute approximate surface area is 113 Å². The first kappa shape index (κ1) is 11.8. The molecule has 4 saturated carbocycles. The molecule has 0 aromatic heterocycles. The van der Waals surface area contributed by atoms with Crippen LogP contribution in [0.3, 0.4) is 0 Å². The molecule has 0 aromatic carbocycles. The minimum Gasteiger partial charge on any atom is -0.0651 e. The molecule has 4 aliphatic carbocycles. The maximum atomic E-state index is 2.39. The lowest BCUT2D eigenvalue weighted by molar-refractivity contribution is 0.192. The Kier molecular flexibility index (Phi) is 2.97. The van der Waals surface area contributed by atoms with Gasteiger partial charge in [0.15, 0.2) is 0 Å². The molecule has 0 amide bonds. The summed E-state index contributed by atoms with van der Waals surface area (Å²) in [6, 6.07) is 0. The predicted octanol–water partition coefficient (Wildman–Crippen LogP) is 5.28. The fourth-order valence-electron chi connectivity index (χ4n) is 6.51. The van der Waals surface area contributed by atoms with Gasteiger partial charge < -0.3 is 0 Å². The Morgan fingerprint density at radius 3 is 1.72 bits per heavy atom. The minimum absolute atomic E-state index is 1.08. The second-order valence-corrected chi connectivity index (χ2v) is 8.08. The van der Waals surface area contributed by atoms with E-state index in [1.165, 1.54) is 30.1 Å². The van der Waals surface area contributed by atoms with Gasteiger partial charge in [0.1, 0.15) is 0 Å². The van der Waals surface area contributed by atoms with Crippen molar-refractivity contribution in [3.63, 3.8) is 0 Å². The number of hydrogen-bond acceptors (Lipinski definition) is 0. The highest BCUT2D eigenvalue weighted by molar-refractivity contribution is 5.02. The average molecular weight is 246 g/mol. The summed E-state index contributed by atoms with van der Waals surface area (Å²) in [7, 11) is 0. The third-order valence-corrected chi connectivity index (χ3v) is 7.56. The Morgan fingerprint density at radius 1 is 0.611 bits per heavy atom. The molecule has 4 fully saturated rings. The van der Waals surface area contributed by atoms with Crippen molar-refractivity contribution in [2.24, 2.45) is 41.4 Å². The SMILES string of the molecule is CCC1CCC(C2CC3C4CCC(C4)C3C2)CC1. The molecule has 0 spiro atoms. The standard InChI is InChI=1S/C18H30/c1-2-12-3-5-13(6-4-12)16-10-17-14-7-8-15(9-14)18(17)11-16/h12-18H,2-11H2,1H3. The highest BCUT2D eigenvalue weighted by Crippen LogP contribution is 2.61. The van der Waals surface area contributed by atoms with Crippen LogP contribution in [0.1, 0.15) is 71.1 Å². The van der Waals surface area contributed by atoms with Crippen LogP contribution in [0.5, 0.6) is 0 Å². The molecular formula is C18H30. The van der Waals surface area contributed by atoms with Crippen molar-refractivity contribution in [2.45, 2.75) is 71.1 Å². The fourth-order valence-corrected chi connectivity index (χ4v) is 6.51. The highest BCUT2D eigenvalue weighted by Gasteiger charge is 2.52. The van der Waals surface area contributed by atoms with E-state index in [9.17, 15) is 0 Å². The molecule has 2 bridgehead atoms.